The van der Waals surface area contributed by atoms with Gasteiger partial charge in [-0.2, -0.15) is 4.39 Å². The SMILES string of the molecule is C/C=c1/c(CC(C)/C=C(\N=C/CC)OC(F)NF)cc(C=O)c(C)/c1=C/C. The molecule has 0 bridgehead atoms. The minimum atomic E-state index is -2.28. The predicted molar refractivity (Wildman–Crippen MR) is 106 cm³/mol. The molecule has 0 spiro atoms. The Morgan fingerprint density at radius 1 is 1.33 bits per heavy atom. The Bertz CT molecular complexity index is 816. The van der Waals surface area contributed by atoms with Crippen molar-refractivity contribution in [3.8, 4) is 0 Å². The van der Waals surface area contributed by atoms with Gasteiger partial charge in [-0.1, -0.05) is 31.5 Å². The van der Waals surface area contributed by atoms with E-state index >= 15 is 0 Å². The number of alkyl halides is 1. The van der Waals surface area contributed by atoms with E-state index in [1.165, 1.54) is 0 Å². The molecule has 148 valence electrons. The number of aldehydes is 1. The Morgan fingerprint density at radius 2 is 2.00 bits per heavy atom. The van der Waals surface area contributed by atoms with Crippen molar-refractivity contribution in [1.29, 1.82) is 0 Å². The third-order valence-corrected chi connectivity index (χ3v) is 4.19. The van der Waals surface area contributed by atoms with Gasteiger partial charge >= 0.3 is 6.48 Å². The van der Waals surface area contributed by atoms with E-state index in [1.54, 1.807) is 12.3 Å². The molecule has 4 nitrogen and oxygen atoms in total. The van der Waals surface area contributed by atoms with Crippen LogP contribution in [0.25, 0.3) is 12.2 Å². The van der Waals surface area contributed by atoms with Crippen molar-refractivity contribution in [3.63, 3.8) is 0 Å². The fourth-order valence-electron chi connectivity index (χ4n) is 2.98. The molecule has 2 unspecified atom stereocenters. The number of benzene rings is 1. The molecule has 1 aromatic rings. The van der Waals surface area contributed by atoms with E-state index < -0.39 is 6.48 Å². The number of nitrogens with one attached hydrogen (secondary N) is 1. The quantitative estimate of drug-likeness (QED) is 0.178. The molecule has 0 aliphatic rings. The highest BCUT2D eigenvalue weighted by Crippen LogP contribution is 2.14. The van der Waals surface area contributed by atoms with E-state index in [9.17, 15) is 13.7 Å². The monoisotopic (exact) mass is 378 g/mol. The summed E-state index contributed by atoms with van der Waals surface area (Å²) in [5.74, 6) is -0.0690. The molecule has 0 heterocycles. The van der Waals surface area contributed by atoms with Gasteiger partial charge in [0.25, 0.3) is 0 Å². The van der Waals surface area contributed by atoms with Crippen molar-refractivity contribution in [3.05, 3.63) is 45.2 Å². The lowest BCUT2D eigenvalue weighted by molar-refractivity contribution is -0.0650. The lowest BCUT2D eigenvalue weighted by Gasteiger charge is -2.14. The molecule has 0 fully saturated rings. The van der Waals surface area contributed by atoms with Crippen LogP contribution in [0.3, 0.4) is 0 Å². The molecule has 1 N–H and O–H groups in total. The van der Waals surface area contributed by atoms with Gasteiger partial charge in [-0.3, -0.25) is 4.79 Å². The molecule has 0 aromatic heterocycles. The molecule has 0 amide bonds. The summed E-state index contributed by atoms with van der Waals surface area (Å²) >= 11 is 0. The maximum atomic E-state index is 13.2. The van der Waals surface area contributed by atoms with E-state index in [-0.39, 0.29) is 11.8 Å². The molecule has 27 heavy (non-hydrogen) atoms. The summed E-state index contributed by atoms with van der Waals surface area (Å²) in [6.07, 6.45) is 9.30. The van der Waals surface area contributed by atoms with Crippen LogP contribution in [0.15, 0.2) is 23.0 Å². The molecule has 1 rings (SSSR count). The predicted octanol–water partition coefficient (Wildman–Crippen LogP) is 3.65. The number of ether oxygens (including phenoxy) is 1. The Kier molecular flexibility index (Phi) is 9.58. The van der Waals surface area contributed by atoms with Gasteiger partial charge in [0.05, 0.1) is 0 Å². The van der Waals surface area contributed by atoms with E-state index in [2.05, 4.69) is 4.99 Å². The smallest absolute Gasteiger partial charge is 0.323 e. The second-order valence-electron chi connectivity index (χ2n) is 6.22. The summed E-state index contributed by atoms with van der Waals surface area (Å²) in [6, 6.07) is 1.88. The van der Waals surface area contributed by atoms with Gasteiger partial charge in [-0.25, -0.2) is 4.99 Å². The van der Waals surface area contributed by atoms with Crippen molar-refractivity contribution in [1.82, 2.24) is 5.54 Å². The van der Waals surface area contributed by atoms with Gasteiger partial charge in [-0.15, -0.1) is 4.48 Å². The van der Waals surface area contributed by atoms with Crippen molar-refractivity contribution < 1.29 is 18.4 Å². The van der Waals surface area contributed by atoms with Crippen molar-refractivity contribution >= 4 is 24.7 Å². The highest BCUT2D eigenvalue weighted by Gasteiger charge is 2.12. The first kappa shape index (κ1) is 22.7. The van der Waals surface area contributed by atoms with Crippen LogP contribution in [-0.4, -0.2) is 19.0 Å². The van der Waals surface area contributed by atoms with Crippen LogP contribution in [0.2, 0.25) is 0 Å². The average Bonchev–Trinajstić information content (AvgIpc) is 2.66. The number of carbonyl (C=O) groups is 1. The van der Waals surface area contributed by atoms with Gasteiger partial charge in [0.15, 0.2) is 0 Å². The van der Waals surface area contributed by atoms with Crippen LogP contribution in [-0.2, 0) is 11.2 Å². The zero-order valence-electron chi connectivity index (χ0n) is 16.6. The fourth-order valence-corrected chi connectivity index (χ4v) is 2.98. The minimum absolute atomic E-state index is 0.00836. The van der Waals surface area contributed by atoms with Crippen LogP contribution in [0.5, 0.6) is 0 Å². The Labute approximate surface area is 159 Å². The number of rotatable bonds is 9. The lowest BCUT2D eigenvalue weighted by atomic mass is 9.93. The topological polar surface area (TPSA) is 50.7 Å². The van der Waals surface area contributed by atoms with Gasteiger partial charge in [0.2, 0.25) is 5.88 Å². The fraction of sp³-hybridized carbons (Fsp3) is 0.429. The van der Waals surface area contributed by atoms with Crippen LogP contribution >= 0.6 is 0 Å². The molecule has 1 aromatic carbocycles. The Hall–Kier alpha value is -2.34. The molecular formula is C21H28F2N2O2. The van der Waals surface area contributed by atoms with Crippen molar-refractivity contribution in [2.75, 3.05) is 0 Å². The van der Waals surface area contributed by atoms with Gasteiger partial charge in [0.1, 0.15) is 6.29 Å². The molecule has 0 aliphatic carbocycles. The van der Waals surface area contributed by atoms with Crippen LogP contribution in [0.4, 0.5) is 8.87 Å². The number of carbonyl (C=O) groups excluding carboxylic acids is 1. The summed E-state index contributed by atoms with van der Waals surface area (Å²) in [7, 11) is 0. The highest BCUT2D eigenvalue weighted by molar-refractivity contribution is 5.78. The molecular weight excluding hydrogens is 350 g/mol. The largest absolute Gasteiger partial charge is 0.428 e. The molecule has 2 atom stereocenters. The standard InChI is InChI=1S/C21H28F2N2O2/c1-6-9-24-20(27-21(22)25-23)11-14(4)10-16-12-17(13-26)15(5)18(7-2)19(16)8-3/h7-9,11-14,21,25H,6,10H2,1-5H3/b18-7-,19-8-,20-11+,24-9-. The normalized spacial score (nSPS) is 16.0. The summed E-state index contributed by atoms with van der Waals surface area (Å²) in [4.78, 5) is 15.5. The minimum Gasteiger partial charge on any atom is -0.428 e. The van der Waals surface area contributed by atoms with Crippen LogP contribution in [0.1, 0.15) is 55.6 Å². The first-order valence-corrected chi connectivity index (χ1v) is 9.03. The molecule has 0 aliphatic heterocycles. The Balaban J connectivity index is 3.29. The summed E-state index contributed by atoms with van der Waals surface area (Å²) < 4.78 is 30.2. The maximum absolute atomic E-state index is 13.2. The summed E-state index contributed by atoms with van der Waals surface area (Å²) in [5.41, 5.74) is 3.49. The van der Waals surface area contributed by atoms with E-state index in [0.29, 0.717) is 18.4 Å². The zero-order valence-corrected chi connectivity index (χ0v) is 16.6. The van der Waals surface area contributed by atoms with E-state index in [1.807, 2.05) is 52.8 Å². The van der Waals surface area contributed by atoms with Gasteiger partial charge in [-0.05, 0) is 73.2 Å². The van der Waals surface area contributed by atoms with Crippen LogP contribution in [0, 0.1) is 12.8 Å². The summed E-state index contributed by atoms with van der Waals surface area (Å²) in [6.45, 7) is 7.34. The van der Waals surface area contributed by atoms with Crippen molar-refractivity contribution in [2.24, 2.45) is 10.9 Å². The Morgan fingerprint density at radius 3 is 2.52 bits per heavy atom. The average molecular weight is 378 g/mol. The number of aliphatic imine (C=N–C) groups is 1. The first-order chi connectivity index (χ1) is 12.9. The third-order valence-electron chi connectivity index (χ3n) is 4.19. The lowest BCUT2D eigenvalue weighted by Crippen LogP contribution is -2.32. The van der Waals surface area contributed by atoms with Gasteiger partial charge in [0, 0.05) is 11.8 Å². The van der Waals surface area contributed by atoms with E-state index in [4.69, 9.17) is 4.74 Å². The molecule has 6 heteroatoms. The van der Waals surface area contributed by atoms with Crippen molar-refractivity contribution in [2.45, 2.75) is 53.9 Å². The number of halogens is 2. The zero-order chi connectivity index (χ0) is 20.4. The number of nitrogens with zero attached hydrogens (tertiary/aromatic N) is 1. The molecule has 0 saturated heterocycles. The number of allylic oxidation sites excluding steroid dienone is 1. The summed E-state index contributed by atoms with van der Waals surface area (Å²) in [5, 5.41) is 2.09. The van der Waals surface area contributed by atoms with Gasteiger partial charge < -0.3 is 4.74 Å². The number of hydrogen-bond acceptors (Lipinski definition) is 4. The second kappa shape index (κ2) is 11.4. The second-order valence-corrected chi connectivity index (χ2v) is 6.22. The molecule has 0 radical (unpaired) electrons. The third kappa shape index (κ3) is 6.40. The van der Waals surface area contributed by atoms with E-state index in [0.717, 1.165) is 33.4 Å². The first-order valence-electron chi connectivity index (χ1n) is 9.03. The molecule has 0 saturated carbocycles. The number of hydrogen-bond donors (Lipinski definition) is 1. The highest BCUT2D eigenvalue weighted by atomic mass is 19.2. The maximum Gasteiger partial charge on any atom is 0.323 e. The van der Waals surface area contributed by atoms with Crippen LogP contribution < -0.4 is 16.0 Å².